The average molecular weight is 418 g/mol. The van der Waals surface area contributed by atoms with Gasteiger partial charge in [0.05, 0.1) is 24.2 Å². The molecule has 0 N–H and O–H groups in total. The van der Waals surface area contributed by atoms with Gasteiger partial charge in [0.15, 0.2) is 0 Å². The van der Waals surface area contributed by atoms with E-state index < -0.39 is 0 Å². The van der Waals surface area contributed by atoms with Crippen molar-refractivity contribution in [1.82, 2.24) is 14.7 Å². The number of benzene rings is 1. The molecule has 6 heteroatoms. The summed E-state index contributed by atoms with van der Waals surface area (Å²) in [7, 11) is 2.11. The largest absolute Gasteiger partial charge is 0.461 e. The van der Waals surface area contributed by atoms with Gasteiger partial charge in [-0.05, 0) is 57.5 Å². The molecule has 0 atom stereocenters. The first-order valence-electron chi connectivity index (χ1n) is 10.4. The normalized spacial score (nSPS) is 14.4. The lowest BCUT2D eigenvalue weighted by Crippen LogP contribution is -2.35. The maximum Gasteiger partial charge on any atom is 0.341 e. The zero-order valence-electron chi connectivity index (χ0n) is 18.2. The molecule has 1 aromatic carbocycles. The van der Waals surface area contributed by atoms with Crippen molar-refractivity contribution in [2.75, 3.05) is 26.7 Å². The molecule has 1 fully saturated rings. The summed E-state index contributed by atoms with van der Waals surface area (Å²) in [5.74, 6) is 0.0615. The Bertz CT molecular complexity index is 871. The molecule has 1 saturated carbocycles. The molecule has 0 radical (unpaired) electrons. The molecule has 0 amide bonds. The van der Waals surface area contributed by atoms with Crippen LogP contribution in [0.1, 0.15) is 67.6 Å². The van der Waals surface area contributed by atoms with E-state index in [0.717, 1.165) is 49.3 Å². The van der Waals surface area contributed by atoms with Crippen LogP contribution in [0.5, 0.6) is 0 Å². The van der Waals surface area contributed by atoms with Crippen LogP contribution in [-0.2, 0) is 4.74 Å². The van der Waals surface area contributed by atoms with Crippen LogP contribution in [0.3, 0.4) is 0 Å². The number of aromatic nitrogens is 2. The highest BCUT2D eigenvalue weighted by Crippen LogP contribution is 2.43. The molecule has 1 aliphatic rings. The topological polar surface area (TPSA) is 47.4 Å². The molecular formula is C23H32ClN3O2. The molecule has 3 rings (SSSR count). The summed E-state index contributed by atoms with van der Waals surface area (Å²) < 4.78 is 7.58. The van der Waals surface area contributed by atoms with E-state index in [2.05, 4.69) is 37.8 Å². The van der Waals surface area contributed by atoms with E-state index in [9.17, 15) is 4.79 Å². The Kier molecular flexibility index (Phi) is 6.69. The minimum atomic E-state index is -0.289. The first-order chi connectivity index (χ1) is 13.7. The summed E-state index contributed by atoms with van der Waals surface area (Å²) in [5, 5.41) is 5.20. The van der Waals surface area contributed by atoms with Crippen LogP contribution in [0, 0.1) is 12.3 Å². The number of ether oxygens (including phenoxy) is 1. The number of carbonyl (C=O) groups is 1. The minimum Gasteiger partial charge on any atom is -0.461 e. The van der Waals surface area contributed by atoms with E-state index in [1.54, 1.807) is 6.20 Å². The number of halogens is 1. The van der Waals surface area contributed by atoms with Gasteiger partial charge < -0.3 is 9.64 Å². The SMILES string of the molecule is CCCN(C)CC(C)(C)COC(=O)c1cnn(-c2ccc(C)c(Cl)c2)c1C1CC1. The molecule has 158 valence electrons. The van der Waals surface area contributed by atoms with E-state index in [1.807, 2.05) is 29.8 Å². The molecule has 2 aromatic rings. The second-order valence-corrected chi connectivity index (χ2v) is 9.45. The van der Waals surface area contributed by atoms with Crippen LogP contribution < -0.4 is 0 Å². The van der Waals surface area contributed by atoms with Gasteiger partial charge in [0.2, 0.25) is 0 Å². The summed E-state index contributed by atoms with van der Waals surface area (Å²) in [5.41, 5.74) is 3.30. The van der Waals surface area contributed by atoms with Gasteiger partial charge in [-0.15, -0.1) is 0 Å². The number of esters is 1. The lowest BCUT2D eigenvalue weighted by molar-refractivity contribution is 0.0283. The Morgan fingerprint density at radius 2 is 2.10 bits per heavy atom. The van der Waals surface area contributed by atoms with Crippen LogP contribution >= 0.6 is 11.6 Å². The van der Waals surface area contributed by atoms with Gasteiger partial charge in [-0.25, -0.2) is 9.48 Å². The highest BCUT2D eigenvalue weighted by atomic mass is 35.5. The monoisotopic (exact) mass is 417 g/mol. The van der Waals surface area contributed by atoms with Crippen molar-refractivity contribution in [3.05, 3.63) is 46.2 Å². The van der Waals surface area contributed by atoms with Crippen LogP contribution in [0.25, 0.3) is 5.69 Å². The van der Waals surface area contributed by atoms with E-state index in [1.165, 1.54) is 0 Å². The molecule has 0 bridgehead atoms. The quantitative estimate of drug-likeness (QED) is 0.523. The van der Waals surface area contributed by atoms with Gasteiger partial charge in [-0.2, -0.15) is 5.10 Å². The summed E-state index contributed by atoms with van der Waals surface area (Å²) in [4.78, 5) is 15.2. The summed E-state index contributed by atoms with van der Waals surface area (Å²) >= 11 is 6.31. The zero-order valence-corrected chi connectivity index (χ0v) is 18.9. The van der Waals surface area contributed by atoms with Crippen LogP contribution in [0.4, 0.5) is 0 Å². The molecule has 0 unspecified atom stereocenters. The Hall–Kier alpha value is -1.85. The number of aryl methyl sites for hydroxylation is 1. The standard InChI is InChI=1S/C23H32ClN3O2/c1-6-11-26(5)14-23(3,4)15-29-22(28)19-13-25-27(21(19)17-8-9-17)18-10-7-16(2)20(24)12-18/h7,10,12-13,17H,6,8-9,11,14-15H2,1-5H3. The maximum atomic E-state index is 12.9. The van der Waals surface area contributed by atoms with Crippen molar-refractivity contribution in [3.8, 4) is 5.69 Å². The minimum absolute atomic E-state index is 0.111. The molecule has 29 heavy (non-hydrogen) atoms. The predicted octanol–water partition coefficient (Wildman–Crippen LogP) is 5.24. The second kappa shape index (κ2) is 8.88. The van der Waals surface area contributed by atoms with Crippen molar-refractivity contribution >= 4 is 17.6 Å². The summed E-state index contributed by atoms with van der Waals surface area (Å²) in [6.07, 6.45) is 4.89. The molecule has 5 nitrogen and oxygen atoms in total. The number of hydrogen-bond donors (Lipinski definition) is 0. The third-order valence-electron chi connectivity index (χ3n) is 5.29. The van der Waals surface area contributed by atoms with Crippen LogP contribution in [0.2, 0.25) is 5.02 Å². The molecule has 0 aliphatic heterocycles. The van der Waals surface area contributed by atoms with Gasteiger partial charge >= 0.3 is 5.97 Å². The Morgan fingerprint density at radius 1 is 1.38 bits per heavy atom. The average Bonchev–Trinajstić information content (AvgIpc) is 3.40. The van der Waals surface area contributed by atoms with Crippen molar-refractivity contribution in [2.45, 2.75) is 52.9 Å². The van der Waals surface area contributed by atoms with Gasteiger partial charge in [-0.3, -0.25) is 0 Å². The van der Waals surface area contributed by atoms with Gasteiger partial charge in [-0.1, -0.05) is 38.4 Å². The number of hydrogen-bond acceptors (Lipinski definition) is 4. The van der Waals surface area contributed by atoms with E-state index in [-0.39, 0.29) is 11.4 Å². The Labute approximate surface area is 179 Å². The molecule has 1 aliphatic carbocycles. The third kappa shape index (κ3) is 5.40. The van der Waals surface area contributed by atoms with Crippen LogP contribution in [-0.4, -0.2) is 47.4 Å². The number of nitrogens with zero attached hydrogens (tertiary/aromatic N) is 3. The van der Waals surface area contributed by atoms with Gasteiger partial charge in [0, 0.05) is 22.9 Å². The fourth-order valence-electron chi connectivity index (χ4n) is 3.76. The molecule has 0 spiro atoms. The van der Waals surface area contributed by atoms with Crippen molar-refractivity contribution in [3.63, 3.8) is 0 Å². The molecule has 1 heterocycles. The van der Waals surface area contributed by atoms with Crippen molar-refractivity contribution in [1.29, 1.82) is 0 Å². The lowest BCUT2D eigenvalue weighted by Gasteiger charge is -2.29. The fraction of sp³-hybridized carbons (Fsp3) is 0.565. The fourth-order valence-corrected chi connectivity index (χ4v) is 3.93. The Balaban J connectivity index is 1.76. The summed E-state index contributed by atoms with van der Waals surface area (Å²) in [6.45, 7) is 10.7. The van der Waals surface area contributed by atoms with E-state index in [0.29, 0.717) is 23.1 Å². The van der Waals surface area contributed by atoms with Crippen molar-refractivity contribution in [2.24, 2.45) is 5.41 Å². The molecular weight excluding hydrogens is 386 g/mol. The highest BCUT2D eigenvalue weighted by Gasteiger charge is 2.34. The van der Waals surface area contributed by atoms with Crippen LogP contribution in [0.15, 0.2) is 24.4 Å². The van der Waals surface area contributed by atoms with E-state index in [4.69, 9.17) is 16.3 Å². The number of carbonyl (C=O) groups excluding carboxylic acids is 1. The number of rotatable bonds is 9. The smallest absolute Gasteiger partial charge is 0.341 e. The third-order valence-corrected chi connectivity index (χ3v) is 5.69. The van der Waals surface area contributed by atoms with Crippen molar-refractivity contribution < 1.29 is 9.53 Å². The highest BCUT2D eigenvalue weighted by molar-refractivity contribution is 6.31. The molecule has 1 aromatic heterocycles. The zero-order chi connectivity index (χ0) is 21.2. The lowest BCUT2D eigenvalue weighted by atomic mass is 9.94. The van der Waals surface area contributed by atoms with Gasteiger partial charge in [0.1, 0.15) is 5.56 Å². The first-order valence-corrected chi connectivity index (χ1v) is 10.8. The summed E-state index contributed by atoms with van der Waals surface area (Å²) in [6, 6.07) is 5.86. The Morgan fingerprint density at radius 3 is 2.72 bits per heavy atom. The van der Waals surface area contributed by atoms with Gasteiger partial charge in [0.25, 0.3) is 0 Å². The van der Waals surface area contributed by atoms with E-state index >= 15 is 0 Å². The second-order valence-electron chi connectivity index (χ2n) is 9.04. The first kappa shape index (κ1) is 21.8. The predicted molar refractivity (Wildman–Crippen MR) is 117 cm³/mol. The molecule has 0 saturated heterocycles. The maximum absolute atomic E-state index is 12.9.